The zero-order chi connectivity index (χ0) is 18.0. The van der Waals surface area contributed by atoms with Crippen molar-refractivity contribution in [1.82, 2.24) is 10.2 Å². The largest absolute Gasteiger partial charge is 0.346 e. The van der Waals surface area contributed by atoms with Gasteiger partial charge in [-0.3, -0.25) is 9.59 Å². The van der Waals surface area contributed by atoms with Gasteiger partial charge < -0.3 is 16.0 Å². The van der Waals surface area contributed by atoms with Crippen LogP contribution in [0, 0.1) is 17.6 Å². The Morgan fingerprint density at radius 3 is 2.67 bits per heavy atom. The van der Waals surface area contributed by atoms with E-state index in [1.165, 1.54) is 11.0 Å². The number of benzene rings is 1. The second-order valence-corrected chi connectivity index (χ2v) is 6.46. The molecule has 2 atom stereocenters. The Hall–Kier alpha value is -2.02. The monoisotopic (exact) mass is 339 g/mol. The number of hydrogen-bond donors (Lipinski definition) is 2. The van der Waals surface area contributed by atoms with Gasteiger partial charge in [0, 0.05) is 12.6 Å². The van der Waals surface area contributed by atoms with Crippen LogP contribution in [-0.2, 0) is 16.0 Å². The normalized spacial score (nSPS) is 18.3. The number of halogens is 2. The van der Waals surface area contributed by atoms with E-state index in [1.807, 2.05) is 13.8 Å². The molecule has 3 N–H and O–H groups in total. The third-order valence-corrected chi connectivity index (χ3v) is 4.47. The van der Waals surface area contributed by atoms with Gasteiger partial charge in [-0.1, -0.05) is 13.8 Å². The standard InChI is InChI=1S/C17H23F2N3O2/c1-9(2)16(20)17(24)21-8-15(23)22-5-4-12-13(10(22)3)6-11(18)7-14(12)19/h6-7,9-10,16H,4-5,8,20H2,1-3H3,(H,21,24)/t10?,16-/m0/s1. The Morgan fingerprint density at radius 1 is 1.38 bits per heavy atom. The number of amides is 2. The molecule has 1 heterocycles. The molecular weight excluding hydrogens is 316 g/mol. The van der Waals surface area contributed by atoms with Gasteiger partial charge in [0.05, 0.1) is 18.6 Å². The highest BCUT2D eigenvalue weighted by Gasteiger charge is 2.30. The second kappa shape index (κ2) is 7.25. The summed E-state index contributed by atoms with van der Waals surface area (Å²) in [5.74, 6) is -1.97. The van der Waals surface area contributed by atoms with E-state index in [4.69, 9.17) is 5.73 Å². The van der Waals surface area contributed by atoms with Crippen molar-refractivity contribution in [2.45, 2.75) is 39.3 Å². The van der Waals surface area contributed by atoms with E-state index >= 15 is 0 Å². The van der Waals surface area contributed by atoms with E-state index < -0.39 is 23.7 Å². The summed E-state index contributed by atoms with van der Waals surface area (Å²) in [5, 5.41) is 2.52. The lowest BCUT2D eigenvalue weighted by Gasteiger charge is -2.35. The third-order valence-electron chi connectivity index (χ3n) is 4.47. The number of nitrogens with one attached hydrogen (secondary N) is 1. The number of carbonyl (C=O) groups is 2. The zero-order valence-corrected chi connectivity index (χ0v) is 14.1. The SMILES string of the molecule is CC(C)[C@H](N)C(=O)NCC(=O)N1CCc2c(F)cc(F)cc2C1C. The Balaban J connectivity index is 2.05. The van der Waals surface area contributed by atoms with Crippen LogP contribution in [-0.4, -0.2) is 35.8 Å². The molecule has 2 amide bonds. The van der Waals surface area contributed by atoms with Gasteiger partial charge in [0.15, 0.2) is 0 Å². The van der Waals surface area contributed by atoms with Crippen LogP contribution in [0.15, 0.2) is 12.1 Å². The van der Waals surface area contributed by atoms with Crippen molar-refractivity contribution in [1.29, 1.82) is 0 Å². The first-order chi connectivity index (χ1) is 11.2. The smallest absolute Gasteiger partial charge is 0.242 e. The molecule has 1 unspecified atom stereocenters. The summed E-state index contributed by atoms with van der Waals surface area (Å²) in [4.78, 5) is 25.7. The van der Waals surface area contributed by atoms with Crippen molar-refractivity contribution in [3.8, 4) is 0 Å². The molecule has 1 aromatic carbocycles. The lowest BCUT2D eigenvalue weighted by Crippen LogP contribution is -2.49. The minimum absolute atomic E-state index is 0.0353. The predicted molar refractivity (Wildman–Crippen MR) is 86.0 cm³/mol. The summed E-state index contributed by atoms with van der Waals surface area (Å²) >= 11 is 0. The predicted octanol–water partition coefficient (Wildman–Crippen LogP) is 1.51. The van der Waals surface area contributed by atoms with E-state index in [2.05, 4.69) is 5.32 Å². The Kier molecular flexibility index (Phi) is 5.54. The van der Waals surface area contributed by atoms with Gasteiger partial charge in [-0.25, -0.2) is 8.78 Å². The summed E-state index contributed by atoms with van der Waals surface area (Å²) in [6.45, 7) is 5.49. The van der Waals surface area contributed by atoms with E-state index in [-0.39, 0.29) is 24.3 Å². The minimum Gasteiger partial charge on any atom is -0.346 e. The van der Waals surface area contributed by atoms with E-state index in [9.17, 15) is 18.4 Å². The van der Waals surface area contributed by atoms with E-state index in [1.54, 1.807) is 6.92 Å². The average molecular weight is 339 g/mol. The van der Waals surface area contributed by atoms with Crippen LogP contribution in [0.1, 0.15) is 37.9 Å². The van der Waals surface area contributed by atoms with Gasteiger partial charge >= 0.3 is 0 Å². The number of carbonyl (C=O) groups excluding carboxylic acids is 2. The van der Waals surface area contributed by atoms with Gasteiger partial charge in [0.2, 0.25) is 11.8 Å². The minimum atomic E-state index is -0.680. The third kappa shape index (κ3) is 3.72. The van der Waals surface area contributed by atoms with Crippen LogP contribution in [0.4, 0.5) is 8.78 Å². The average Bonchev–Trinajstić information content (AvgIpc) is 2.52. The molecule has 0 aliphatic carbocycles. The summed E-state index contributed by atoms with van der Waals surface area (Å²) in [6.07, 6.45) is 0.316. The summed E-state index contributed by atoms with van der Waals surface area (Å²) in [7, 11) is 0. The van der Waals surface area contributed by atoms with Gasteiger partial charge in [0.25, 0.3) is 0 Å². The van der Waals surface area contributed by atoms with Gasteiger partial charge in [0.1, 0.15) is 11.6 Å². The second-order valence-electron chi connectivity index (χ2n) is 6.46. The van der Waals surface area contributed by atoms with Crippen molar-refractivity contribution in [3.63, 3.8) is 0 Å². The fourth-order valence-corrected chi connectivity index (χ4v) is 2.88. The maximum atomic E-state index is 13.8. The topological polar surface area (TPSA) is 75.4 Å². The van der Waals surface area contributed by atoms with Crippen LogP contribution in [0.3, 0.4) is 0 Å². The number of nitrogens with two attached hydrogens (primary N) is 1. The summed E-state index contributed by atoms with van der Waals surface area (Å²) in [5.41, 5.74) is 6.64. The molecule has 0 aromatic heterocycles. The maximum absolute atomic E-state index is 13.8. The number of fused-ring (bicyclic) bond motifs is 1. The fourth-order valence-electron chi connectivity index (χ4n) is 2.88. The van der Waals surface area contributed by atoms with Crippen LogP contribution in [0.25, 0.3) is 0 Å². The molecular formula is C17H23F2N3O2. The van der Waals surface area contributed by atoms with Crippen molar-refractivity contribution < 1.29 is 18.4 Å². The molecule has 24 heavy (non-hydrogen) atoms. The summed E-state index contributed by atoms with van der Waals surface area (Å²) < 4.78 is 27.3. The molecule has 7 heteroatoms. The number of nitrogens with zero attached hydrogens (tertiary/aromatic N) is 1. The first-order valence-electron chi connectivity index (χ1n) is 8.03. The molecule has 0 radical (unpaired) electrons. The molecule has 1 aliphatic heterocycles. The summed E-state index contributed by atoms with van der Waals surface area (Å²) in [6, 6.07) is 0.981. The molecule has 2 rings (SSSR count). The highest BCUT2D eigenvalue weighted by molar-refractivity contribution is 5.87. The van der Waals surface area contributed by atoms with Gasteiger partial charge in [-0.15, -0.1) is 0 Å². The Morgan fingerprint density at radius 2 is 2.04 bits per heavy atom. The Bertz CT molecular complexity index is 649. The molecule has 0 fully saturated rings. The van der Waals surface area contributed by atoms with Gasteiger partial charge in [-0.2, -0.15) is 0 Å². The van der Waals surface area contributed by atoms with Crippen LogP contribution in [0.5, 0.6) is 0 Å². The van der Waals surface area contributed by atoms with Gasteiger partial charge in [-0.05, 0) is 36.5 Å². The number of rotatable bonds is 4. The zero-order valence-electron chi connectivity index (χ0n) is 14.1. The van der Waals surface area contributed by atoms with Crippen LogP contribution < -0.4 is 11.1 Å². The first-order valence-corrected chi connectivity index (χ1v) is 8.03. The molecule has 1 aromatic rings. The highest BCUT2D eigenvalue weighted by Crippen LogP contribution is 2.31. The van der Waals surface area contributed by atoms with E-state index in [0.717, 1.165) is 6.07 Å². The van der Waals surface area contributed by atoms with Crippen LogP contribution >= 0.6 is 0 Å². The first kappa shape index (κ1) is 18.3. The highest BCUT2D eigenvalue weighted by atomic mass is 19.1. The molecule has 5 nitrogen and oxygen atoms in total. The molecule has 0 saturated heterocycles. The Labute approximate surface area is 140 Å². The van der Waals surface area contributed by atoms with Crippen molar-refractivity contribution >= 4 is 11.8 Å². The lowest BCUT2D eigenvalue weighted by atomic mass is 9.93. The lowest BCUT2D eigenvalue weighted by molar-refractivity contribution is -0.135. The van der Waals surface area contributed by atoms with E-state index in [0.29, 0.717) is 24.1 Å². The quantitative estimate of drug-likeness (QED) is 0.873. The molecule has 132 valence electrons. The molecule has 0 saturated carbocycles. The van der Waals surface area contributed by atoms with Crippen molar-refractivity contribution in [2.75, 3.05) is 13.1 Å². The van der Waals surface area contributed by atoms with Crippen molar-refractivity contribution in [2.24, 2.45) is 11.7 Å². The van der Waals surface area contributed by atoms with Crippen LogP contribution in [0.2, 0.25) is 0 Å². The maximum Gasteiger partial charge on any atom is 0.242 e. The fraction of sp³-hybridized carbons (Fsp3) is 0.529. The van der Waals surface area contributed by atoms with Crippen molar-refractivity contribution in [3.05, 3.63) is 34.9 Å². The molecule has 0 spiro atoms. The molecule has 1 aliphatic rings. The molecule has 0 bridgehead atoms. The number of hydrogen-bond acceptors (Lipinski definition) is 3.